The van der Waals surface area contributed by atoms with Crippen LogP contribution in [0.5, 0.6) is 0 Å². The van der Waals surface area contributed by atoms with Crippen LogP contribution in [0.3, 0.4) is 0 Å². The summed E-state index contributed by atoms with van der Waals surface area (Å²) in [7, 11) is -2.82. The molecule has 0 saturated heterocycles. The lowest BCUT2D eigenvalue weighted by molar-refractivity contribution is 0.289. The smallest absolute Gasteiger partial charge is 0.148 e. The molecule has 1 fully saturated rings. The number of hydrogen-bond acceptors (Lipinski definition) is 4. The second-order valence-electron chi connectivity index (χ2n) is 5.67. The van der Waals surface area contributed by atoms with Crippen LogP contribution >= 0.6 is 11.8 Å². The summed E-state index contributed by atoms with van der Waals surface area (Å²) in [5.74, 6) is 1.89. The van der Waals surface area contributed by atoms with Crippen LogP contribution in [0.15, 0.2) is 0 Å². The molecule has 19 heavy (non-hydrogen) atoms. The lowest BCUT2D eigenvalue weighted by Crippen LogP contribution is -2.42. The van der Waals surface area contributed by atoms with E-state index in [1.54, 1.807) is 0 Å². The highest BCUT2D eigenvalue weighted by atomic mass is 32.2. The van der Waals surface area contributed by atoms with Gasteiger partial charge in [-0.25, -0.2) is 8.42 Å². The second kappa shape index (κ2) is 8.53. The van der Waals surface area contributed by atoms with Gasteiger partial charge in [0, 0.05) is 23.3 Å². The minimum absolute atomic E-state index is 0.311. The molecular weight excluding hydrogens is 278 g/mol. The van der Waals surface area contributed by atoms with Crippen molar-refractivity contribution < 1.29 is 8.42 Å². The fourth-order valence-corrected chi connectivity index (χ4v) is 5.68. The molecule has 3 atom stereocenters. The van der Waals surface area contributed by atoms with E-state index < -0.39 is 9.84 Å². The minimum Gasteiger partial charge on any atom is -0.313 e. The molecule has 3 unspecified atom stereocenters. The van der Waals surface area contributed by atoms with Crippen LogP contribution in [0.2, 0.25) is 0 Å². The van der Waals surface area contributed by atoms with Gasteiger partial charge in [0.2, 0.25) is 0 Å². The maximum absolute atomic E-state index is 11.2. The first-order valence-electron chi connectivity index (χ1n) is 7.49. The standard InChI is InChI=1S/C14H29NO2S2/c1-4-6-12-7-8-13(15-5-2)14(11-12)18-9-10-19(3,16)17/h12-15H,4-11H2,1-3H3. The molecule has 0 aliphatic heterocycles. The molecule has 1 saturated carbocycles. The second-order valence-corrected chi connectivity index (χ2v) is 9.28. The highest BCUT2D eigenvalue weighted by Gasteiger charge is 2.29. The molecule has 5 heteroatoms. The van der Waals surface area contributed by atoms with E-state index in [0.717, 1.165) is 18.2 Å². The predicted molar refractivity (Wildman–Crippen MR) is 85.7 cm³/mol. The van der Waals surface area contributed by atoms with Crippen molar-refractivity contribution in [3.8, 4) is 0 Å². The molecule has 0 radical (unpaired) electrons. The summed E-state index contributed by atoms with van der Waals surface area (Å²) >= 11 is 1.86. The van der Waals surface area contributed by atoms with Crippen LogP contribution in [0.1, 0.15) is 46.0 Å². The highest BCUT2D eigenvalue weighted by molar-refractivity contribution is 8.01. The van der Waals surface area contributed by atoms with Crippen LogP contribution in [0.4, 0.5) is 0 Å². The Bertz CT molecular complexity index is 343. The third-order valence-electron chi connectivity index (χ3n) is 3.85. The van der Waals surface area contributed by atoms with Crippen LogP contribution in [-0.2, 0) is 9.84 Å². The van der Waals surface area contributed by atoms with Gasteiger partial charge in [-0.05, 0) is 31.7 Å². The SMILES string of the molecule is CCCC1CCC(NCC)C(SCCS(C)(=O)=O)C1. The lowest BCUT2D eigenvalue weighted by Gasteiger charge is -2.36. The third-order valence-corrected chi connectivity index (χ3v) is 6.44. The number of rotatable bonds is 8. The minimum atomic E-state index is -2.82. The first-order valence-corrected chi connectivity index (χ1v) is 10.6. The molecule has 0 amide bonds. The Balaban J connectivity index is 2.46. The van der Waals surface area contributed by atoms with Crippen molar-refractivity contribution in [3.63, 3.8) is 0 Å². The zero-order valence-corrected chi connectivity index (χ0v) is 14.2. The average molecular weight is 308 g/mol. The molecule has 3 nitrogen and oxygen atoms in total. The fraction of sp³-hybridized carbons (Fsp3) is 1.00. The van der Waals surface area contributed by atoms with E-state index in [2.05, 4.69) is 19.2 Å². The Morgan fingerprint density at radius 1 is 1.26 bits per heavy atom. The highest BCUT2D eigenvalue weighted by Crippen LogP contribution is 2.34. The van der Waals surface area contributed by atoms with Gasteiger partial charge in [-0.1, -0.05) is 26.7 Å². The summed E-state index contributed by atoms with van der Waals surface area (Å²) in [5.41, 5.74) is 0. The maximum Gasteiger partial charge on any atom is 0.148 e. The van der Waals surface area contributed by atoms with E-state index in [0.29, 0.717) is 17.0 Å². The van der Waals surface area contributed by atoms with Crippen LogP contribution in [-0.4, -0.2) is 44.0 Å². The summed E-state index contributed by atoms with van der Waals surface area (Å²) in [6.07, 6.45) is 7.74. The Morgan fingerprint density at radius 3 is 2.58 bits per heavy atom. The van der Waals surface area contributed by atoms with E-state index in [4.69, 9.17) is 0 Å². The van der Waals surface area contributed by atoms with Gasteiger partial charge in [-0.15, -0.1) is 0 Å². The molecule has 1 aliphatic carbocycles. The Kier molecular flexibility index (Phi) is 7.77. The molecule has 0 heterocycles. The van der Waals surface area contributed by atoms with E-state index in [1.807, 2.05) is 11.8 Å². The summed E-state index contributed by atoms with van der Waals surface area (Å²) in [6, 6.07) is 0.572. The quantitative estimate of drug-likeness (QED) is 0.749. The summed E-state index contributed by atoms with van der Waals surface area (Å²) in [6.45, 7) is 5.41. The molecule has 0 spiro atoms. The summed E-state index contributed by atoms with van der Waals surface area (Å²) in [4.78, 5) is 0. The van der Waals surface area contributed by atoms with Crippen molar-refractivity contribution in [1.82, 2.24) is 5.32 Å². The molecule has 1 rings (SSSR count). The Morgan fingerprint density at radius 2 is 2.00 bits per heavy atom. The van der Waals surface area contributed by atoms with Gasteiger partial charge in [0.1, 0.15) is 9.84 Å². The zero-order valence-electron chi connectivity index (χ0n) is 12.5. The number of sulfone groups is 1. The topological polar surface area (TPSA) is 46.2 Å². The van der Waals surface area contributed by atoms with Gasteiger partial charge in [-0.3, -0.25) is 0 Å². The van der Waals surface area contributed by atoms with Crippen molar-refractivity contribution in [3.05, 3.63) is 0 Å². The molecule has 0 aromatic rings. The third kappa shape index (κ3) is 7.00. The zero-order chi connectivity index (χ0) is 14.3. The normalized spacial score (nSPS) is 28.5. The molecule has 0 aromatic heterocycles. The van der Waals surface area contributed by atoms with E-state index in [-0.39, 0.29) is 0 Å². The van der Waals surface area contributed by atoms with Gasteiger partial charge >= 0.3 is 0 Å². The molecule has 1 N–H and O–H groups in total. The van der Waals surface area contributed by atoms with E-state index in [9.17, 15) is 8.42 Å². The average Bonchev–Trinajstić information content (AvgIpc) is 2.31. The molecule has 0 bridgehead atoms. The maximum atomic E-state index is 11.2. The van der Waals surface area contributed by atoms with Crippen LogP contribution < -0.4 is 5.32 Å². The van der Waals surface area contributed by atoms with Gasteiger partial charge in [0.25, 0.3) is 0 Å². The fourth-order valence-electron chi connectivity index (χ4n) is 2.91. The number of thioether (sulfide) groups is 1. The predicted octanol–water partition coefficient (Wildman–Crippen LogP) is 2.71. The molecule has 1 aliphatic rings. The van der Waals surface area contributed by atoms with E-state index in [1.165, 1.54) is 38.4 Å². The van der Waals surface area contributed by atoms with Crippen molar-refractivity contribution in [1.29, 1.82) is 0 Å². The van der Waals surface area contributed by atoms with Crippen molar-refractivity contribution >= 4 is 21.6 Å². The Labute approximate surface area is 123 Å². The largest absolute Gasteiger partial charge is 0.313 e. The van der Waals surface area contributed by atoms with Crippen molar-refractivity contribution in [2.75, 3.05) is 24.3 Å². The molecular formula is C14H29NO2S2. The van der Waals surface area contributed by atoms with Crippen LogP contribution in [0, 0.1) is 5.92 Å². The van der Waals surface area contributed by atoms with Crippen molar-refractivity contribution in [2.24, 2.45) is 5.92 Å². The van der Waals surface area contributed by atoms with Gasteiger partial charge in [0.05, 0.1) is 5.75 Å². The lowest BCUT2D eigenvalue weighted by atomic mass is 9.83. The monoisotopic (exact) mass is 307 g/mol. The summed E-state index contributed by atoms with van der Waals surface area (Å²) in [5, 5.41) is 4.16. The van der Waals surface area contributed by atoms with E-state index >= 15 is 0 Å². The first kappa shape index (κ1) is 17.3. The molecule has 114 valence electrons. The van der Waals surface area contributed by atoms with Gasteiger partial charge in [-0.2, -0.15) is 11.8 Å². The number of hydrogen-bond donors (Lipinski definition) is 1. The summed E-state index contributed by atoms with van der Waals surface area (Å²) < 4.78 is 22.4. The van der Waals surface area contributed by atoms with Crippen LogP contribution in [0.25, 0.3) is 0 Å². The van der Waals surface area contributed by atoms with Gasteiger partial charge in [0.15, 0.2) is 0 Å². The van der Waals surface area contributed by atoms with Crippen molar-refractivity contribution in [2.45, 2.75) is 57.2 Å². The van der Waals surface area contributed by atoms with Gasteiger partial charge < -0.3 is 5.32 Å². The molecule has 0 aromatic carbocycles. The number of nitrogens with one attached hydrogen (secondary N) is 1. The first-order chi connectivity index (χ1) is 8.96. The Hall–Kier alpha value is 0.260.